The van der Waals surface area contributed by atoms with Crippen molar-refractivity contribution in [3.63, 3.8) is 0 Å². The molecule has 0 spiro atoms. The molecule has 0 bridgehead atoms. The van der Waals surface area contributed by atoms with Gasteiger partial charge in [0.15, 0.2) is 0 Å². The van der Waals surface area contributed by atoms with Crippen molar-refractivity contribution in [2.75, 3.05) is 25.0 Å². The minimum absolute atomic E-state index is 0.565. The number of piperidine rings is 1. The first kappa shape index (κ1) is 15.1. The van der Waals surface area contributed by atoms with Crippen LogP contribution in [0.4, 0.5) is 5.69 Å². The number of nitrogens with zero attached hydrogens (tertiary/aromatic N) is 2. The molecule has 3 nitrogen and oxygen atoms in total. The number of likely N-dealkylation sites (tertiary alicyclic amines) is 1. The minimum atomic E-state index is 0.565. The molecular formula is C17H26ClN3. The highest BCUT2D eigenvalue weighted by Gasteiger charge is 2.22. The summed E-state index contributed by atoms with van der Waals surface area (Å²) in [6.45, 7) is 3.79. The fourth-order valence-electron chi connectivity index (χ4n) is 3.72. The fraction of sp³-hybridized carbons (Fsp3) is 0.706. The topological polar surface area (TPSA) is 28.2 Å². The molecule has 116 valence electrons. The minimum Gasteiger partial charge on any atom is -0.382 e. The lowest BCUT2D eigenvalue weighted by Gasteiger charge is -2.35. The maximum Gasteiger partial charge on any atom is 0.131 e. The van der Waals surface area contributed by atoms with Crippen LogP contribution in [0.5, 0.6) is 0 Å². The Morgan fingerprint density at radius 3 is 2.62 bits per heavy atom. The molecule has 2 aliphatic rings. The second-order valence-corrected chi connectivity index (χ2v) is 6.98. The summed E-state index contributed by atoms with van der Waals surface area (Å²) in [7, 11) is 0. The summed E-state index contributed by atoms with van der Waals surface area (Å²) in [6, 6.07) is 4.49. The number of aromatic nitrogens is 1. The third kappa shape index (κ3) is 4.58. The van der Waals surface area contributed by atoms with E-state index in [0.29, 0.717) is 11.2 Å². The second kappa shape index (κ2) is 7.46. The van der Waals surface area contributed by atoms with Gasteiger partial charge in [0.05, 0.1) is 0 Å². The van der Waals surface area contributed by atoms with Crippen molar-refractivity contribution in [3.05, 3.63) is 23.5 Å². The van der Waals surface area contributed by atoms with Crippen molar-refractivity contribution >= 4 is 17.3 Å². The predicted octanol–water partition coefficient (Wildman–Crippen LogP) is 4.19. The summed E-state index contributed by atoms with van der Waals surface area (Å²) in [5.41, 5.74) is 1.10. The molecule has 1 aromatic rings. The summed E-state index contributed by atoms with van der Waals surface area (Å²) in [6.07, 6.45) is 11.5. The van der Waals surface area contributed by atoms with Crippen LogP contribution in [0.25, 0.3) is 0 Å². The zero-order valence-electron chi connectivity index (χ0n) is 12.7. The Labute approximate surface area is 133 Å². The number of rotatable bonds is 4. The van der Waals surface area contributed by atoms with Crippen molar-refractivity contribution < 1.29 is 0 Å². The van der Waals surface area contributed by atoms with Crippen LogP contribution in [0.1, 0.15) is 44.9 Å². The monoisotopic (exact) mass is 307 g/mol. The molecule has 0 unspecified atom stereocenters. The van der Waals surface area contributed by atoms with Crippen molar-refractivity contribution in [2.24, 2.45) is 5.92 Å². The van der Waals surface area contributed by atoms with E-state index in [0.717, 1.165) is 11.6 Å². The number of hydrogen-bond acceptors (Lipinski definition) is 3. The average molecular weight is 308 g/mol. The first-order valence-corrected chi connectivity index (χ1v) is 8.78. The molecule has 0 atom stereocenters. The van der Waals surface area contributed by atoms with E-state index >= 15 is 0 Å². The van der Waals surface area contributed by atoms with Crippen molar-refractivity contribution in [3.8, 4) is 0 Å². The van der Waals surface area contributed by atoms with Gasteiger partial charge in [-0.2, -0.15) is 0 Å². The molecule has 4 heteroatoms. The molecule has 2 heterocycles. The first-order chi connectivity index (χ1) is 10.3. The van der Waals surface area contributed by atoms with E-state index in [1.807, 2.05) is 12.1 Å². The molecule has 1 aromatic heterocycles. The van der Waals surface area contributed by atoms with Crippen LogP contribution < -0.4 is 5.32 Å². The van der Waals surface area contributed by atoms with Gasteiger partial charge < -0.3 is 10.2 Å². The average Bonchev–Trinajstić information content (AvgIpc) is 2.50. The Kier molecular flexibility index (Phi) is 5.37. The number of anilines is 1. The molecule has 0 aromatic carbocycles. The van der Waals surface area contributed by atoms with E-state index < -0.39 is 0 Å². The van der Waals surface area contributed by atoms with Crippen LogP contribution in [0.15, 0.2) is 18.3 Å². The normalized spacial score (nSPS) is 22.3. The number of hydrogen-bond donors (Lipinski definition) is 1. The Hall–Kier alpha value is -0.800. The number of nitrogens with one attached hydrogen (secondary N) is 1. The van der Waals surface area contributed by atoms with Gasteiger partial charge in [-0.25, -0.2) is 4.98 Å². The predicted molar refractivity (Wildman–Crippen MR) is 88.9 cm³/mol. The van der Waals surface area contributed by atoms with Gasteiger partial charge >= 0.3 is 0 Å². The maximum atomic E-state index is 5.93. The smallest absolute Gasteiger partial charge is 0.131 e. The van der Waals surface area contributed by atoms with Crippen LogP contribution >= 0.6 is 11.6 Å². The van der Waals surface area contributed by atoms with Gasteiger partial charge in [-0.1, -0.05) is 30.9 Å². The SMILES string of the molecule is Clc1cc(NC2CCN(CC3CCCCC3)CC2)ccn1. The van der Waals surface area contributed by atoms with E-state index in [1.54, 1.807) is 6.20 Å². The summed E-state index contributed by atoms with van der Waals surface area (Å²) in [4.78, 5) is 6.70. The van der Waals surface area contributed by atoms with E-state index in [4.69, 9.17) is 11.6 Å². The Bertz CT molecular complexity index is 437. The Morgan fingerprint density at radius 2 is 1.90 bits per heavy atom. The van der Waals surface area contributed by atoms with Crippen LogP contribution in [0.3, 0.4) is 0 Å². The Morgan fingerprint density at radius 1 is 1.14 bits per heavy atom. The summed E-state index contributed by atoms with van der Waals surface area (Å²) in [5.74, 6) is 0.960. The quantitative estimate of drug-likeness (QED) is 0.845. The highest BCUT2D eigenvalue weighted by Crippen LogP contribution is 2.26. The molecule has 1 aliphatic heterocycles. The van der Waals surface area contributed by atoms with Gasteiger partial charge in [-0.05, 0) is 43.7 Å². The van der Waals surface area contributed by atoms with Crippen LogP contribution in [0.2, 0.25) is 5.15 Å². The van der Waals surface area contributed by atoms with Crippen LogP contribution in [-0.2, 0) is 0 Å². The molecule has 1 saturated heterocycles. The lowest BCUT2D eigenvalue weighted by Crippen LogP contribution is -2.41. The summed E-state index contributed by atoms with van der Waals surface area (Å²) in [5, 5.41) is 4.16. The van der Waals surface area contributed by atoms with E-state index in [9.17, 15) is 0 Å². The molecule has 0 amide bonds. The summed E-state index contributed by atoms with van der Waals surface area (Å²) >= 11 is 5.93. The van der Waals surface area contributed by atoms with Gasteiger partial charge in [-0.15, -0.1) is 0 Å². The molecular weight excluding hydrogens is 282 g/mol. The third-order valence-corrected chi connectivity index (χ3v) is 5.13. The fourth-order valence-corrected chi connectivity index (χ4v) is 3.90. The highest BCUT2D eigenvalue weighted by atomic mass is 35.5. The standard InChI is InChI=1S/C17H26ClN3/c18-17-12-16(6-9-19-17)20-15-7-10-21(11-8-15)13-14-4-2-1-3-5-14/h6,9,12,14-15H,1-5,7-8,10-11,13H2,(H,19,20). The van der Waals surface area contributed by atoms with E-state index in [1.165, 1.54) is 64.6 Å². The van der Waals surface area contributed by atoms with Gasteiger partial charge in [-0.3, -0.25) is 0 Å². The Balaban J connectivity index is 1.42. The maximum absolute atomic E-state index is 5.93. The number of pyridine rings is 1. The van der Waals surface area contributed by atoms with Crippen LogP contribution in [-0.4, -0.2) is 35.6 Å². The lowest BCUT2D eigenvalue weighted by molar-refractivity contribution is 0.168. The molecule has 1 N–H and O–H groups in total. The largest absolute Gasteiger partial charge is 0.382 e. The van der Waals surface area contributed by atoms with Crippen molar-refractivity contribution in [1.82, 2.24) is 9.88 Å². The van der Waals surface area contributed by atoms with E-state index in [-0.39, 0.29) is 0 Å². The van der Waals surface area contributed by atoms with Gasteiger partial charge in [0.25, 0.3) is 0 Å². The lowest BCUT2D eigenvalue weighted by atomic mass is 9.88. The highest BCUT2D eigenvalue weighted by molar-refractivity contribution is 6.29. The van der Waals surface area contributed by atoms with Gasteiger partial charge in [0.1, 0.15) is 5.15 Å². The van der Waals surface area contributed by atoms with Crippen molar-refractivity contribution in [1.29, 1.82) is 0 Å². The van der Waals surface area contributed by atoms with Crippen LogP contribution in [0, 0.1) is 5.92 Å². The van der Waals surface area contributed by atoms with E-state index in [2.05, 4.69) is 15.2 Å². The third-order valence-electron chi connectivity index (χ3n) is 4.93. The van der Waals surface area contributed by atoms with Crippen molar-refractivity contribution in [2.45, 2.75) is 51.0 Å². The molecule has 21 heavy (non-hydrogen) atoms. The van der Waals surface area contributed by atoms with Gasteiger partial charge in [0.2, 0.25) is 0 Å². The molecule has 3 rings (SSSR count). The molecule has 2 fully saturated rings. The summed E-state index contributed by atoms with van der Waals surface area (Å²) < 4.78 is 0. The zero-order valence-corrected chi connectivity index (χ0v) is 13.5. The zero-order chi connectivity index (χ0) is 14.5. The molecule has 0 radical (unpaired) electrons. The second-order valence-electron chi connectivity index (χ2n) is 6.59. The molecule has 1 aliphatic carbocycles. The number of halogens is 1. The first-order valence-electron chi connectivity index (χ1n) is 8.40. The molecule has 1 saturated carbocycles. The van der Waals surface area contributed by atoms with Gasteiger partial charge in [0, 0.05) is 37.6 Å².